The summed E-state index contributed by atoms with van der Waals surface area (Å²) in [6.07, 6.45) is 4.06. The van der Waals surface area contributed by atoms with E-state index in [4.69, 9.17) is 11.6 Å². The molecule has 8 heteroatoms. The normalized spacial score (nSPS) is 17.5. The first-order valence-electron chi connectivity index (χ1n) is 10.8. The molecule has 2 saturated heterocycles. The van der Waals surface area contributed by atoms with Crippen LogP contribution in [-0.2, 0) is 4.79 Å². The standard InChI is InChI=1S/C23H28ClN5O2/c24-19-4-3-5-20(17-19)26-23(31)29-10-7-18(8-11-29)16-22(30)28-14-12-27(13-15-28)21-6-1-2-9-25-21/h1-6,9,17-18H,7-8,10-16H2,(H,26,31). The average Bonchev–Trinajstić information content (AvgIpc) is 2.80. The molecule has 4 rings (SSSR count). The van der Waals surface area contributed by atoms with Crippen LogP contribution in [0.4, 0.5) is 16.3 Å². The van der Waals surface area contributed by atoms with Crippen LogP contribution in [0.2, 0.25) is 5.02 Å². The van der Waals surface area contributed by atoms with Gasteiger partial charge in [0.15, 0.2) is 0 Å². The number of likely N-dealkylation sites (tertiary alicyclic amines) is 1. The van der Waals surface area contributed by atoms with Crippen molar-refractivity contribution in [1.29, 1.82) is 0 Å². The summed E-state index contributed by atoms with van der Waals surface area (Å²) >= 11 is 5.98. The lowest BCUT2D eigenvalue weighted by molar-refractivity contribution is -0.132. The van der Waals surface area contributed by atoms with Crippen molar-refractivity contribution in [1.82, 2.24) is 14.8 Å². The largest absolute Gasteiger partial charge is 0.353 e. The molecule has 0 bridgehead atoms. The Bertz CT molecular complexity index is 894. The van der Waals surface area contributed by atoms with Crippen LogP contribution in [0.3, 0.4) is 0 Å². The number of piperazine rings is 1. The molecular formula is C23H28ClN5O2. The molecule has 0 atom stereocenters. The zero-order valence-electron chi connectivity index (χ0n) is 17.5. The van der Waals surface area contributed by atoms with Gasteiger partial charge in [-0.15, -0.1) is 0 Å². The summed E-state index contributed by atoms with van der Waals surface area (Å²) in [4.78, 5) is 35.7. The van der Waals surface area contributed by atoms with E-state index in [9.17, 15) is 9.59 Å². The number of carbonyl (C=O) groups is 2. The molecule has 1 aromatic carbocycles. The Kier molecular flexibility index (Phi) is 6.92. The lowest BCUT2D eigenvalue weighted by atomic mass is 9.93. The summed E-state index contributed by atoms with van der Waals surface area (Å²) in [6, 6.07) is 12.9. The van der Waals surface area contributed by atoms with Gasteiger partial charge in [0, 0.05) is 62.6 Å². The van der Waals surface area contributed by atoms with Gasteiger partial charge in [0.05, 0.1) is 0 Å². The quantitative estimate of drug-likeness (QED) is 0.785. The Morgan fingerprint density at radius 1 is 0.968 bits per heavy atom. The fourth-order valence-electron chi connectivity index (χ4n) is 4.21. The Labute approximate surface area is 188 Å². The van der Waals surface area contributed by atoms with Gasteiger partial charge in [0.2, 0.25) is 5.91 Å². The third kappa shape index (κ3) is 5.67. The molecule has 2 aliphatic heterocycles. The van der Waals surface area contributed by atoms with Crippen LogP contribution in [0.15, 0.2) is 48.7 Å². The Morgan fingerprint density at radius 2 is 1.74 bits per heavy atom. The second kappa shape index (κ2) is 10.0. The number of piperidine rings is 1. The van der Waals surface area contributed by atoms with Gasteiger partial charge in [-0.3, -0.25) is 4.79 Å². The minimum Gasteiger partial charge on any atom is -0.353 e. The topological polar surface area (TPSA) is 68.8 Å². The van der Waals surface area contributed by atoms with E-state index in [0.29, 0.717) is 36.1 Å². The second-order valence-corrected chi connectivity index (χ2v) is 8.57. The van der Waals surface area contributed by atoms with Gasteiger partial charge in [0.25, 0.3) is 0 Å². The summed E-state index contributed by atoms with van der Waals surface area (Å²) in [5.74, 6) is 1.53. The van der Waals surface area contributed by atoms with E-state index in [0.717, 1.165) is 44.8 Å². The van der Waals surface area contributed by atoms with Crippen molar-refractivity contribution in [3.63, 3.8) is 0 Å². The first-order valence-corrected chi connectivity index (χ1v) is 11.2. The first kappa shape index (κ1) is 21.4. The van der Waals surface area contributed by atoms with Gasteiger partial charge >= 0.3 is 6.03 Å². The van der Waals surface area contributed by atoms with E-state index in [1.807, 2.05) is 40.1 Å². The van der Waals surface area contributed by atoms with E-state index in [1.165, 1.54) is 0 Å². The molecule has 2 aliphatic rings. The number of aromatic nitrogens is 1. The van der Waals surface area contributed by atoms with Crippen molar-refractivity contribution in [2.24, 2.45) is 5.92 Å². The molecule has 0 spiro atoms. The number of anilines is 2. The van der Waals surface area contributed by atoms with Crippen LogP contribution in [0.1, 0.15) is 19.3 Å². The number of pyridine rings is 1. The molecule has 1 N–H and O–H groups in total. The molecule has 0 radical (unpaired) electrons. The zero-order valence-corrected chi connectivity index (χ0v) is 18.3. The van der Waals surface area contributed by atoms with E-state index in [1.54, 1.807) is 18.3 Å². The van der Waals surface area contributed by atoms with Gasteiger partial charge in [-0.2, -0.15) is 0 Å². The number of nitrogens with zero attached hydrogens (tertiary/aromatic N) is 4. The minimum absolute atomic E-state index is 0.113. The average molecular weight is 442 g/mol. The smallest absolute Gasteiger partial charge is 0.321 e. The molecule has 1 aromatic heterocycles. The monoisotopic (exact) mass is 441 g/mol. The molecule has 2 aromatic rings. The second-order valence-electron chi connectivity index (χ2n) is 8.13. The third-order valence-corrected chi connectivity index (χ3v) is 6.28. The number of rotatable bonds is 4. The van der Waals surface area contributed by atoms with E-state index in [-0.39, 0.29) is 11.9 Å². The SMILES string of the molecule is O=C(CC1CCN(C(=O)Nc2cccc(Cl)c2)CC1)N1CCN(c2ccccn2)CC1. The highest BCUT2D eigenvalue weighted by Gasteiger charge is 2.28. The van der Waals surface area contributed by atoms with Crippen molar-refractivity contribution in [2.75, 3.05) is 49.5 Å². The first-order chi connectivity index (χ1) is 15.1. The molecule has 0 aliphatic carbocycles. The molecule has 2 fully saturated rings. The number of halogens is 1. The fraction of sp³-hybridized carbons (Fsp3) is 0.435. The summed E-state index contributed by atoms with van der Waals surface area (Å²) in [7, 11) is 0. The van der Waals surface area contributed by atoms with Gasteiger partial charge < -0.3 is 20.0 Å². The van der Waals surface area contributed by atoms with Crippen molar-refractivity contribution >= 4 is 35.0 Å². The van der Waals surface area contributed by atoms with Gasteiger partial charge in [0.1, 0.15) is 5.82 Å². The molecule has 0 unspecified atom stereocenters. The van der Waals surface area contributed by atoms with E-state index in [2.05, 4.69) is 15.2 Å². The Balaban J connectivity index is 1.19. The van der Waals surface area contributed by atoms with Crippen LogP contribution in [0.25, 0.3) is 0 Å². The fourth-order valence-corrected chi connectivity index (χ4v) is 4.40. The van der Waals surface area contributed by atoms with Crippen molar-refractivity contribution in [3.05, 3.63) is 53.7 Å². The summed E-state index contributed by atoms with van der Waals surface area (Å²) in [5.41, 5.74) is 0.694. The van der Waals surface area contributed by atoms with Gasteiger partial charge in [-0.1, -0.05) is 23.7 Å². The lowest BCUT2D eigenvalue weighted by Gasteiger charge is -2.37. The van der Waals surface area contributed by atoms with Crippen LogP contribution < -0.4 is 10.2 Å². The number of hydrogen-bond donors (Lipinski definition) is 1. The molecule has 3 amide bonds. The number of benzene rings is 1. The Hall–Kier alpha value is -2.80. The number of urea groups is 1. The molecular weight excluding hydrogens is 414 g/mol. The molecule has 0 saturated carbocycles. The maximum Gasteiger partial charge on any atom is 0.321 e. The lowest BCUT2D eigenvalue weighted by Crippen LogP contribution is -2.49. The van der Waals surface area contributed by atoms with Crippen LogP contribution >= 0.6 is 11.6 Å². The maximum atomic E-state index is 12.8. The summed E-state index contributed by atoms with van der Waals surface area (Å²) < 4.78 is 0. The molecule has 31 heavy (non-hydrogen) atoms. The number of nitrogens with one attached hydrogen (secondary N) is 1. The molecule has 164 valence electrons. The maximum absolute atomic E-state index is 12.8. The highest BCUT2D eigenvalue weighted by Crippen LogP contribution is 2.23. The predicted molar refractivity (Wildman–Crippen MR) is 122 cm³/mol. The minimum atomic E-state index is -0.113. The van der Waals surface area contributed by atoms with Crippen molar-refractivity contribution < 1.29 is 9.59 Å². The number of amides is 3. The summed E-state index contributed by atoms with van der Waals surface area (Å²) in [5, 5.41) is 3.49. The Morgan fingerprint density at radius 3 is 2.42 bits per heavy atom. The molecule has 7 nitrogen and oxygen atoms in total. The third-order valence-electron chi connectivity index (χ3n) is 6.05. The molecule has 3 heterocycles. The van der Waals surface area contributed by atoms with Crippen LogP contribution in [0.5, 0.6) is 0 Å². The highest BCUT2D eigenvalue weighted by molar-refractivity contribution is 6.30. The van der Waals surface area contributed by atoms with Gasteiger partial charge in [-0.05, 0) is 49.1 Å². The number of hydrogen-bond acceptors (Lipinski definition) is 4. The van der Waals surface area contributed by atoms with Crippen LogP contribution in [0, 0.1) is 5.92 Å². The highest BCUT2D eigenvalue weighted by atomic mass is 35.5. The van der Waals surface area contributed by atoms with Crippen molar-refractivity contribution in [3.8, 4) is 0 Å². The van der Waals surface area contributed by atoms with E-state index < -0.39 is 0 Å². The van der Waals surface area contributed by atoms with Crippen molar-refractivity contribution in [2.45, 2.75) is 19.3 Å². The predicted octanol–water partition coefficient (Wildman–Crippen LogP) is 3.72. The zero-order chi connectivity index (χ0) is 21.6. The van der Waals surface area contributed by atoms with E-state index >= 15 is 0 Å². The van der Waals surface area contributed by atoms with Crippen LogP contribution in [-0.4, -0.2) is 66.0 Å². The summed E-state index contributed by atoms with van der Waals surface area (Å²) in [6.45, 7) is 4.41. The van der Waals surface area contributed by atoms with Gasteiger partial charge in [-0.25, -0.2) is 9.78 Å². The number of carbonyl (C=O) groups excluding carboxylic acids is 2.